The zero-order chi connectivity index (χ0) is 12.7. The summed E-state index contributed by atoms with van der Waals surface area (Å²) in [5, 5.41) is 0. The van der Waals surface area contributed by atoms with Gasteiger partial charge in [0.2, 0.25) is 0 Å². The molecule has 0 aromatic heterocycles. The Kier molecular flexibility index (Phi) is 3.24. The van der Waals surface area contributed by atoms with Crippen LogP contribution in [0.3, 0.4) is 0 Å². The van der Waals surface area contributed by atoms with Gasteiger partial charge in [-0.15, -0.1) is 0 Å². The molecule has 1 atom stereocenters. The standard InChI is InChI=1S/C14H26N2/c1-10-9-11(13(2,3)4)15-12(16(10)8)14(5,6)7/h9,12H,1-8H3. The maximum Gasteiger partial charge on any atom is 0.125 e. The Labute approximate surface area is 100 Å². The molecule has 0 spiro atoms. The molecular formula is C14H26N2. The van der Waals surface area contributed by atoms with Crippen LogP contribution in [0.25, 0.3) is 0 Å². The highest BCUT2D eigenvalue weighted by atomic mass is 15.3. The minimum Gasteiger partial charge on any atom is -0.356 e. The summed E-state index contributed by atoms with van der Waals surface area (Å²) in [5.74, 6) is 0. The van der Waals surface area contributed by atoms with Crippen LogP contribution in [0, 0.1) is 10.8 Å². The van der Waals surface area contributed by atoms with Gasteiger partial charge in [-0.05, 0) is 13.0 Å². The Morgan fingerprint density at radius 3 is 2.00 bits per heavy atom. The van der Waals surface area contributed by atoms with Gasteiger partial charge < -0.3 is 4.90 Å². The molecule has 0 fully saturated rings. The Balaban J connectivity index is 3.15. The lowest BCUT2D eigenvalue weighted by Crippen LogP contribution is -2.43. The van der Waals surface area contributed by atoms with Crippen LogP contribution in [0.1, 0.15) is 48.5 Å². The Morgan fingerprint density at radius 1 is 1.12 bits per heavy atom. The second-order valence-electron chi connectivity index (χ2n) is 6.90. The molecule has 0 bridgehead atoms. The molecule has 1 rings (SSSR count). The number of nitrogens with zero attached hydrogens (tertiary/aromatic N) is 2. The van der Waals surface area contributed by atoms with Crippen molar-refractivity contribution in [2.75, 3.05) is 7.05 Å². The van der Waals surface area contributed by atoms with Gasteiger partial charge in [0.25, 0.3) is 0 Å². The van der Waals surface area contributed by atoms with Crippen LogP contribution in [-0.4, -0.2) is 23.8 Å². The van der Waals surface area contributed by atoms with E-state index in [-0.39, 0.29) is 17.0 Å². The van der Waals surface area contributed by atoms with E-state index in [1.54, 1.807) is 0 Å². The highest BCUT2D eigenvalue weighted by Crippen LogP contribution is 2.32. The summed E-state index contributed by atoms with van der Waals surface area (Å²) in [5.41, 5.74) is 2.81. The first kappa shape index (κ1) is 13.3. The third kappa shape index (κ3) is 2.66. The first-order valence-corrected chi connectivity index (χ1v) is 6.03. The molecule has 2 nitrogen and oxygen atoms in total. The fourth-order valence-electron chi connectivity index (χ4n) is 1.93. The number of allylic oxidation sites excluding steroid dienone is 2. The Morgan fingerprint density at radius 2 is 1.62 bits per heavy atom. The van der Waals surface area contributed by atoms with E-state index in [1.807, 2.05) is 0 Å². The minimum atomic E-state index is 0.131. The third-order valence-corrected chi connectivity index (χ3v) is 3.07. The number of hydrogen-bond donors (Lipinski definition) is 0. The summed E-state index contributed by atoms with van der Waals surface area (Å²) < 4.78 is 0. The van der Waals surface area contributed by atoms with E-state index < -0.39 is 0 Å². The van der Waals surface area contributed by atoms with Crippen molar-refractivity contribution in [3.63, 3.8) is 0 Å². The monoisotopic (exact) mass is 222 g/mol. The summed E-state index contributed by atoms with van der Waals surface area (Å²) in [6, 6.07) is 0. The molecule has 0 radical (unpaired) electrons. The van der Waals surface area contributed by atoms with Crippen molar-refractivity contribution in [3.8, 4) is 0 Å². The fraction of sp³-hybridized carbons (Fsp3) is 0.786. The molecule has 0 N–H and O–H groups in total. The van der Waals surface area contributed by atoms with E-state index in [0.717, 1.165) is 0 Å². The molecule has 1 heterocycles. The van der Waals surface area contributed by atoms with Gasteiger partial charge in [-0.25, -0.2) is 0 Å². The average molecular weight is 222 g/mol. The lowest BCUT2D eigenvalue weighted by atomic mass is 9.85. The molecule has 16 heavy (non-hydrogen) atoms. The van der Waals surface area contributed by atoms with Gasteiger partial charge in [0.1, 0.15) is 6.17 Å². The first-order valence-electron chi connectivity index (χ1n) is 6.03. The quantitative estimate of drug-likeness (QED) is 0.610. The smallest absolute Gasteiger partial charge is 0.125 e. The molecular weight excluding hydrogens is 196 g/mol. The van der Waals surface area contributed by atoms with Crippen LogP contribution in [0.2, 0.25) is 0 Å². The van der Waals surface area contributed by atoms with Gasteiger partial charge in [0, 0.05) is 29.3 Å². The number of rotatable bonds is 0. The normalized spacial score (nSPS) is 23.0. The molecule has 92 valence electrons. The topological polar surface area (TPSA) is 15.6 Å². The molecule has 0 saturated carbocycles. The summed E-state index contributed by atoms with van der Waals surface area (Å²) in [6.07, 6.45) is 2.45. The molecule has 1 aliphatic heterocycles. The zero-order valence-corrected chi connectivity index (χ0v) is 12.0. The molecule has 0 aliphatic carbocycles. The van der Waals surface area contributed by atoms with Gasteiger partial charge in [-0.3, -0.25) is 4.99 Å². The summed E-state index contributed by atoms with van der Waals surface area (Å²) in [4.78, 5) is 7.20. The fourth-order valence-corrected chi connectivity index (χ4v) is 1.93. The van der Waals surface area contributed by atoms with Gasteiger partial charge in [-0.2, -0.15) is 0 Å². The maximum absolute atomic E-state index is 4.92. The van der Waals surface area contributed by atoms with E-state index in [2.05, 4.69) is 66.5 Å². The summed E-state index contributed by atoms with van der Waals surface area (Å²) >= 11 is 0. The van der Waals surface area contributed by atoms with Crippen LogP contribution in [0.15, 0.2) is 16.8 Å². The van der Waals surface area contributed by atoms with Crippen molar-refractivity contribution < 1.29 is 0 Å². The molecule has 0 saturated heterocycles. The van der Waals surface area contributed by atoms with Gasteiger partial charge in [0.15, 0.2) is 0 Å². The van der Waals surface area contributed by atoms with E-state index in [4.69, 9.17) is 4.99 Å². The maximum atomic E-state index is 4.92. The van der Waals surface area contributed by atoms with Crippen LogP contribution >= 0.6 is 0 Å². The molecule has 1 unspecified atom stereocenters. The van der Waals surface area contributed by atoms with Crippen molar-refractivity contribution in [1.29, 1.82) is 0 Å². The Hall–Kier alpha value is -0.790. The second kappa shape index (κ2) is 3.90. The van der Waals surface area contributed by atoms with Crippen molar-refractivity contribution in [2.24, 2.45) is 15.8 Å². The van der Waals surface area contributed by atoms with E-state index in [9.17, 15) is 0 Å². The van der Waals surface area contributed by atoms with Crippen molar-refractivity contribution in [3.05, 3.63) is 11.8 Å². The highest BCUT2D eigenvalue weighted by Gasteiger charge is 2.33. The number of aliphatic imine (C=N–C) groups is 1. The molecule has 0 aromatic carbocycles. The van der Waals surface area contributed by atoms with Crippen LogP contribution in [0.4, 0.5) is 0 Å². The third-order valence-electron chi connectivity index (χ3n) is 3.07. The molecule has 0 aromatic rings. The lowest BCUT2D eigenvalue weighted by molar-refractivity contribution is 0.162. The molecule has 2 heteroatoms. The highest BCUT2D eigenvalue weighted by molar-refractivity contribution is 6.00. The van der Waals surface area contributed by atoms with Crippen LogP contribution in [-0.2, 0) is 0 Å². The average Bonchev–Trinajstić information content (AvgIpc) is 2.05. The minimum absolute atomic E-state index is 0.131. The Bertz CT molecular complexity index is 324. The van der Waals surface area contributed by atoms with Gasteiger partial charge in [0.05, 0.1) is 0 Å². The number of hydrogen-bond acceptors (Lipinski definition) is 2. The van der Waals surface area contributed by atoms with Crippen LogP contribution < -0.4 is 0 Å². The lowest BCUT2D eigenvalue weighted by Gasteiger charge is -2.41. The zero-order valence-electron chi connectivity index (χ0n) is 12.0. The summed E-state index contributed by atoms with van der Waals surface area (Å²) in [7, 11) is 2.13. The van der Waals surface area contributed by atoms with E-state index >= 15 is 0 Å². The second-order valence-corrected chi connectivity index (χ2v) is 6.90. The molecule has 1 aliphatic rings. The van der Waals surface area contributed by atoms with Crippen molar-refractivity contribution >= 4 is 5.71 Å². The van der Waals surface area contributed by atoms with Gasteiger partial charge in [-0.1, -0.05) is 41.5 Å². The predicted molar refractivity (Wildman–Crippen MR) is 71.7 cm³/mol. The van der Waals surface area contributed by atoms with Gasteiger partial charge >= 0.3 is 0 Å². The largest absolute Gasteiger partial charge is 0.356 e. The predicted octanol–water partition coefficient (Wildman–Crippen LogP) is 3.69. The van der Waals surface area contributed by atoms with Crippen molar-refractivity contribution in [2.45, 2.75) is 54.6 Å². The first-order chi connectivity index (χ1) is 7.03. The van der Waals surface area contributed by atoms with E-state index in [0.29, 0.717) is 0 Å². The van der Waals surface area contributed by atoms with Crippen molar-refractivity contribution in [1.82, 2.24) is 4.90 Å². The summed E-state index contributed by atoms with van der Waals surface area (Å²) in [6.45, 7) is 15.6. The van der Waals surface area contributed by atoms with Crippen LogP contribution in [0.5, 0.6) is 0 Å². The van der Waals surface area contributed by atoms with E-state index in [1.165, 1.54) is 11.4 Å². The SMILES string of the molecule is CC1=CC(C(C)(C)C)=NC(C(C)(C)C)N1C. The molecule has 0 amide bonds.